The molecule has 0 spiro atoms. The summed E-state index contributed by atoms with van der Waals surface area (Å²) in [7, 11) is 0. The van der Waals surface area contributed by atoms with Gasteiger partial charge in [0.05, 0.1) is 6.54 Å². The molecule has 0 atom stereocenters. The maximum absolute atomic E-state index is 12.8. The smallest absolute Gasteiger partial charge is 0.289 e. The van der Waals surface area contributed by atoms with Gasteiger partial charge in [-0.3, -0.25) is 9.59 Å². The van der Waals surface area contributed by atoms with Crippen LogP contribution in [-0.2, 0) is 13.1 Å². The number of hydrogen-bond acceptors (Lipinski definition) is 3. The first-order valence-corrected chi connectivity index (χ1v) is 8.74. The van der Waals surface area contributed by atoms with Crippen LogP contribution < -0.4 is 5.56 Å². The lowest BCUT2D eigenvalue weighted by Gasteiger charge is -2.21. The van der Waals surface area contributed by atoms with E-state index in [0.29, 0.717) is 31.2 Å². The van der Waals surface area contributed by atoms with Crippen molar-refractivity contribution in [2.75, 3.05) is 6.54 Å². The maximum atomic E-state index is 12.8. The molecule has 1 aromatic carbocycles. The molecule has 0 fully saturated rings. The van der Waals surface area contributed by atoms with Crippen LogP contribution in [-0.4, -0.2) is 21.9 Å². The van der Waals surface area contributed by atoms with E-state index in [1.165, 1.54) is 6.07 Å². The second-order valence-electron chi connectivity index (χ2n) is 6.15. The maximum Gasteiger partial charge on any atom is 0.289 e. The molecular weight excluding hydrogens is 328 g/mol. The first-order chi connectivity index (χ1) is 12.7. The van der Waals surface area contributed by atoms with E-state index in [1.807, 2.05) is 37.3 Å². The number of rotatable bonds is 7. The summed E-state index contributed by atoms with van der Waals surface area (Å²) in [5.74, 6) is 0.744. The Balaban J connectivity index is 1.74. The molecule has 5 heteroatoms. The van der Waals surface area contributed by atoms with Crippen molar-refractivity contribution < 1.29 is 9.21 Å². The highest BCUT2D eigenvalue weighted by atomic mass is 16.4. The minimum absolute atomic E-state index is 0.103. The van der Waals surface area contributed by atoms with E-state index in [9.17, 15) is 9.59 Å². The van der Waals surface area contributed by atoms with Crippen LogP contribution in [0.4, 0.5) is 0 Å². The Morgan fingerprint density at radius 1 is 1.04 bits per heavy atom. The first kappa shape index (κ1) is 17.7. The van der Waals surface area contributed by atoms with Crippen LogP contribution in [0.1, 0.15) is 35.2 Å². The zero-order chi connectivity index (χ0) is 18.4. The minimum Gasteiger partial charge on any atom is -0.454 e. The topological polar surface area (TPSA) is 55.5 Å². The Kier molecular flexibility index (Phi) is 5.69. The quantitative estimate of drug-likeness (QED) is 0.655. The number of pyridine rings is 1. The lowest BCUT2D eigenvalue weighted by molar-refractivity contribution is 0.0709. The van der Waals surface area contributed by atoms with E-state index in [-0.39, 0.29) is 11.5 Å². The largest absolute Gasteiger partial charge is 0.454 e. The number of benzene rings is 1. The molecule has 0 radical (unpaired) electrons. The molecule has 0 saturated heterocycles. The van der Waals surface area contributed by atoms with Crippen molar-refractivity contribution in [3.8, 4) is 0 Å². The van der Waals surface area contributed by atoms with E-state index >= 15 is 0 Å². The molecule has 0 N–H and O–H groups in total. The average molecular weight is 350 g/mol. The number of hydrogen-bond donors (Lipinski definition) is 0. The summed E-state index contributed by atoms with van der Waals surface area (Å²) in [5, 5.41) is 0. The predicted molar refractivity (Wildman–Crippen MR) is 100.0 cm³/mol. The van der Waals surface area contributed by atoms with Gasteiger partial charge in [-0.25, -0.2) is 0 Å². The minimum atomic E-state index is -0.137. The summed E-state index contributed by atoms with van der Waals surface area (Å²) in [6.45, 7) is 3.55. The van der Waals surface area contributed by atoms with Gasteiger partial charge in [-0.05, 0) is 30.2 Å². The van der Waals surface area contributed by atoms with Crippen molar-refractivity contribution in [2.45, 2.75) is 26.4 Å². The fourth-order valence-electron chi connectivity index (χ4n) is 2.82. The van der Waals surface area contributed by atoms with Crippen molar-refractivity contribution in [3.05, 3.63) is 94.3 Å². The number of amides is 1. The van der Waals surface area contributed by atoms with Gasteiger partial charge in [0, 0.05) is 25.4 Å². The molecule has 0 aliphatic carbocycles. The highest BCUT2D eigenvalue weighted by Crippen LogP contribution is 2.14. The summed E-state index contributed by atoms with van der Waals surface area (Å²) in [5.41, 5.74) is 0.977. The molecule has 2 heterocycles. The van der Waals surface area contributed by atoms with Crippen molar-refractivity contribution in [2.24, 2.45) is 0 Å². The molecule has 0 bridgehead atoms. The molecule has 3 rings (SSSR count). The lowest BCUT2D eigenvalue weighted by Crippen LogP contribution is -2.31. The van der Waals surface area contributed by atoms with Gasteiger partial charge in [0.1, 0.15) is 5.76 Å². The second kappa shape index (κ2) is 8.34. The van der Waals surface area contributed by atoms with Gasteiger partial charge in [-0.1, -0.05) is 43.3 Å². The third-order valence-corrected chi connectivity index (χ3v) is 4.09. The summed E-state index contributed by atoms with van der Waals surface area (Å²) >= 11 is 0. The van der Waals surface area contributed by atoms with Gasteiger partial charge in [-0.15, -0.1) is 0 Å². The van der Waals surface area contributed by atoms with E-state index in [2.05, 4.69) is 0 Å². The molecule has 0 saturated carbocycles. The fraction of sp³-hybridized carbons (Fsp3) is 0.238. The van der Waals surface area contributed by atoms with Crippen LogP contribution in [0.25, 0.3) is 0 Å². The van der Waals surface area contributed by atoms with Crippen LogP contribution in [0.5, 0.6) is 0 Å². The molecule has 3 aromatic rings. The highest BCUT2D eigenvalue weighted by molar-refractivity contribution is 5.91. The Hall–Kier alpha value is -3.08. The zero-order valence-corrected chi connectivity index (χ0v) is 14.8. The third kappa shape index (κ3) is 4.30. The standard InChI is InChI=1S/C21H22N2O3/c1-2-13-23(15-17-8-4-3-5-9-17)21(25)19-12-11-18(26-19)16-22-14-7-6-10-20(22)24/h3-12,14H,2,13,15-16H2,1H3. The molecule has 26 heavy (non-hydrogen) atoms. The van der Waals surface area contributed by atoms with Gasteiger partial charge in [0.2, 0.25) is 0 Å². The normalized spacial score (nSPS) is 10.7. The van der Waals surface area contributed by atoms with E-state index < -0.39 is 0 Å². The molecule has 0 unspecified atom stereocenters. The number of nitrogens with zero attached hydrogens (tertiary/aromatic N) is 2. The Bertz CT molecular complexity index is 912. The monoisotopic (exact) mass is 350 g/mol. The van der Waals surface area contributed by atoms with E-state index in [4.69, 9.17) is 4.42 Å². The number of carbonyl (C=O) groups is 1. The first-order valence-electron chi connectivity index (χ1n) is 8.74. The summed E-state index contributed by atoms with van der Waals surface area (Å²) in [6, 6.07) is 18.3. The van der Waals surface area contributed by atoms with Crippen LogP contribution >= 0.6 is 0 Å². The van der Waals surface area contributed by atoms with Gasteiger partial charge in [0.25, 0.3) is 11.5 Å². The molecular formula is C21H22N2O3. The Morgan fingerprint density at radius 2 is 1.81 bits per heavy atom. The Morgan fingerprint density at radius 3 is 2.54 bits per heavy atom. The number of aromatic nitrogens is 1. The molecule has 134 valence electrons. The fourth-order valence-corrected chi connectivity index (χ4v) is 2.82. The average Bonchev–Trinajstić information content (AvgIpc) is 3.12. The van der Waals surface area contributed by atoms with Crippen molar-refractivity contribution in [1.29, 1.82) is 0 Å². The van der Waals surface area contributed by atoms with Crippen LogP contribution in [0.15, 0.2) is 76.1 Å². The van der Waals surface area contributed by atoms with Gasteiger partial charge in [-0.2, -0.15) is 0 Å². The van der Waals surface area contributed by atoms with Crippen LogP contribution in [0.3, 0.4) is 0 Å². The Labute approximate surface area is 152 Å². The molecule has 5 nitrogen and oxygen atoms in total. The van der Waals surface area contributed by atoms with Crippen molar-refractivity contribution in [1.82, 2.24) is 9.47 Å². The molecule has 2 aromatic heterocycles. The third-order valence-electron chi connectivity index (χ3n) is 4.09. The predicted octanol–water partition coefficient (Wildman–Crippen LogP) is 3.54. The van der Waals surface area contributed by atoms with Crippen LogP contribution in [0.2, 0.25) is 0 Å². The van der Waals surface area contributed by atoms with Crippen molar-refractivity contribution in [3.63, 3.8) is 0 Å². The number of furan rings is 1. The highest BCUT2D eigenvalue weighted by Gasteiger charge is 2.19. The molecule has 1 amide bonds. The molecule has 0 aliphatic rings. The zero-order valence-electron chi connectivity index (χ0n) is 14.8. The summed E-state index contributed by atoms with van der Waals surface area (Å²) < 4.78 is 7.26. The van der Waals surface area contributed by atoms with Gasteiger partial charge >= 0.3 is 0 Å². The summed E-state index contributed by atoms with van der Waals surface area (Å²) in [4.78, 5) is 26.4. The lowest BCUT2D eigenvalue weighted by atomic mass is 10.2. The second-order valence-corrected chi connectivity index (χ2v) is 6.15. The van der Waals surface area contributed by atoms with E-state index in [1.54, 1.807) is 39.9 Å². The number of carbonyl (C=O) groups excluding carboxylic acids is 1. The molecule has 0 aliphatic heterocycles. The SMILES string of the molecule is CCCN(Cc1ccccc1)C(=O)c1ccc(Cn2ccccc2=O)o1. The van der Waals surface area contributed by atoms with Gasteiger partial charge < -0.3 is 13.9 Å². The van der Waals surface area contributed by atoms with Gasteiger partial charge in [0.15, 0.2) is 5.76 Å². The van der Waals surface area contributed by atoms with Crippen LogP contribution in [0, 0.1) is 0 Å². The van der Waals surface area contributed by atoms with Crippen molar-refractivity contribution >= 4 is 5.91 Å². The summed E-state index contributed by atoms with van der Waals surface area (Å²) in [6.07, 6.45) is 2.57. The van der Waals surface area contributed by atoms with E-state index in [0.717, 1.165) is 12.0 Å².